The van der Waals surface area contributed by atoms with E-state index in [0.717, 1.165) is 24.2 Å². The Morgan fingerprint density at radius 3 is 2.92 bits per heavy atom. The summed E-state index contributed by atoms with van der Waals surface area (Å²) in [6, 6.07) is 2.94. The van der Waals surface area contributed by atoms with E-state index in [0.29, 0.717) is 54.9 Å². The number of nitrogen functional groups attached to an aromatic ring is 1. The minimum Gasteiger partial charge on any atom is -0.474 e. The summed E-state index contributed by atoms with van der Waals surface area (Å²) in [5.74, 6) is 0.154. The van der Waals surface area contributed by atoms with E-state index in [4.69, 9.17) is 15.2 Å². The van der Waals surface area contributed by atoms with Gasteiger partial charge in [-0.15, -0.1) is 0 Å². The predicted octanol–water partition coefficient (Wildman–Crippen LogP) is 3.14. The van der Waals surface area contributed by atoms with Crippen molar-refractivity contribution in [1.82, 2.24) is 15.3 Å². The van der Waals surface area contributed by atoms with Crippen LogP contribution in [0.1, 0.15) is 18.4 Å². The van der Waals surface area contributed by atoms with Gasteiger partial charge in [-0.25, -0.2) is 19.2 Å². The van der Waals surface area contributed by atoms with E-state index < -0.39 is 11.9 Å². The smallest absolute Gasteiger partial charge is 0.413 e. The molecule has 188 valence electrons. The van der Waals surface area contributed by atoms with Crippen LogP contribution in [0.3, 0.4) is 0 Å². The van der Waals surface area contributed by atoms with Crippen molar-refractivity contribution in [3.8, 4) is 17.0 Å². The molecule has 11 heteroatoms. The highest BCUT2D eigenvalue weighted by molar-refractivity contribution is 5.99. The van der Waals surface area contributed by atoms with Gasteiger partial charge in [0.05, 0.1) is 23.9 Å². The molecule has 2 aromatic heterocycles. The molecule has 0 radical (unpaired) electrons. The van der Waals surface area contributed by atoms with Crippen molar-refractivity contribution < 1.29 is 23.8 Å². The molecule has 3 aromatic rings. The Balaban J connectivity index is 1.42. The number of nitrogens with two attached hydrogens (primary N) is 1. The lowest BCUT2D eigenvalue weighted by molar-refractivity contribution is 0.0212. The first-order chi connectivity index (χ1) is 17.4. The van der Waals surface area contributed by atoms with Crippen molar-refractivity contribution in [2.24, 2.45) is 0 Å². The number of hydrogen-bond donors (Lipinski definition) is 4. The Bertz CT molecular complexity index is 1380. The number of hydrogen-bond acceptors (Lipinski definition) is 8. The van der Waals surface area contributed by atoms with Crippen LogP contribution in [0.2, 0.25) is 0 Å². The van der Waals surface area contributed by atoms with Crippen LogP contribution in [0.5, 0.6) is 5.88 Å². The number of anilines is 3. The maximum Gasteiger partial charge on any atom is 0.413 e. The van der Waals surface area contributed by atoms with Gasteiger partial charge in [0, 0.05) is 48.4 Å². The van der Waals surface area contributed by atoms with Crippen LogP contribution in [0, 0.1) is 12.7 Å². The molecular formula is C25H27FN6O4. The number of amides is 1. The van der Waals surface area contributed by atoms with Crippen molar-refractivity contribution in [2.45, 2.75) is 31.4 Å². The second-order valence-electron chi connectivity index (χ2n) is 9.60. The number of aromatic nitrogens is 2. The largest absolute Gasteiger partial charge is 0.474 e. The molecule has 0 bridgehead atoms. The summed E-state index contributed by atoms with van der Waals surface area (Å²) in [4.78, 5) is 22.3. The fourth-order valence-electron chi connectivity index (χ4n) is 5.55. The van der Waals surface area contributed by atoms with E-state index in [1.807, 2.05) is 6.92 Å². The fraction of sp³-hybridized carbons (Fsp3) is 0.400. The number of nitrogens with zero attached hydrogens (tertiary/aromatic N) is 3. The van der Waals surface area contributed by atoms with Crippen molar-refractivity contribution in [2.75, 3.05) is 48.8 Å². The first-order valence-corrected chi connectivity index (χ1v) is 12.0. The molecule has 1 aromatic carbocycles. The van der Waals surface area contributed by atoms with Crippen LogP contribution in [0.25, 0.3) is 21.9 Å². The van der Waals surface area contributed by atoms with Gasteiger partial charge in [-0.1, -0.05) is 0 Å². The molecule has 5 heterocycles. The average Bonchev–Trinajstić information content (AvgIpc) is 3.51. The van der Waals surface area contributed by atoms with E-state index in [2.05, 4.69) is 20.6 Å². The molecule has 3 aliphatic rings. The topological polar surface area (TPSA) is 135 Å². The average molecular weight is 495 g/mol. The lowest BCUT2D eigenvalue weighted by Gasteiger charge is -2.26. The molecule has 2 atom stereocenters. The first-order valence-electron chi connectivity index (χ1n) is 12.0. The molecule has 2 unspecified atom stereocenters. The highest BCUT2D eigenvalue weighted by atomic mass is 19.1. The number of halogens is 1. The Hall–Kier alpha value is -3.70. The van der Waals surface area contributed by atoms with Crippen LogP contribution in [-0.4, -0.2) is 65.7 Å². The molecule has 2 saturated heterocycles. The summed E-state index contributed by atoms with van der Waals surface area (Å²) in [5, 5.41) is 17.6. The summed E-state index contributed by atoms with van der Waals surface area (Å²) in [7, 11) is 0. The molecule has 0 aliphatic carbocycles. The van der Waals surface area contributed by atoms with Gasteiger partial charge < -0.3 is 30.9 Å². The lowest BCUT2D eigenvalue weighted by Crippen LogP contribution is -2.42. The Morgan fingerprint density at radius 1 is 1.28 bits per heavy atom. The minimum absolute atomic E-state index is 0.0510. The van der Waals surface area contributed by atoms with Gasteiger partial charge in [-0.05, 0) is 43.0 Å². The van der Waals surface area contributed by atoms with Crippen molar-refractivity contribution in [3.05, 3.63) is 35.9 Å². The minimum atomic E-state index is -1.12. The molecule has 6 rings (SSSR count). The second kappa shape index (κ2) is 8.45. The number of rotatable bonds is 3. The van der Waals surface area contributed by atoms with Gasteiger partial charge in [-0.2, -0.15) is 0 Å². The van der Waals surface area contributed by atoms with Gasteiger partial charge in [0.25, 0.3) is 0 Å². The van der Waals surface area contributed by atoms with Gasteiger partial charge >= 0.3 is 6.09 Å². The Labute approximate surface area is 206 Å². The zero-order chi connectivity index (χ0) is 25.0. The van der Waals surface area contributed by atoms with E-state index in [1.165, 1.54) is 11.1 Å². The van der Waals surface area contributed by atoms with Crippen LogP contribution < -0.4 is 26.0 Å². The maximum absolute atomic E-state index is 15.5. The third-order valence-electron chi connectivity index (χ3n) is 7.43. The molecule has 1 amide bonds. The molecule has 0 saturated carbocycles. The van der Waals surface area contributed by atoms with Crippen LogP contribution in [0.15, 0.2) is 24.5 Å². The summed E-state index contributed by atoms with van der Waals surface area (Å²) in [6.07, 6.45) is 3.31. The molecule has 10 nitrogen and oxygen atoms in total. The normalized spacial score (nSPS) is 22.9. The predicted molar refractivity (Wildman–Crippen MR) is 133 cm³/mol. The molecule has 36 heavy (non-hydrogen) atoms. The number of pyridine rings is 2. The van der Waals surface area contributed by atoms with Crippen LogP contribution in [-0.2, 0) is 4.74 Å². The van der Waals surface area contributed by atoms with Gasteiger partial charge in [0.1, 0.15) is 18.1 Å². The first kappa shape index (κ1) is 22.7. The molecule has 3 aliphatic heterocycles. The van der Waals surface area contributed by atoms with Gasteiger partial charge in [0.2, 0.25) is 5.88 Å². The fourth-order valence-corrected chi connectivity index (χ4v) is 5.55. The number of carbonyl (C=O) groups is 1. The highest BCUT2D eigenvalue weighted by Crippen LogP contribution is 2.41. The van der Waals surface area contributed by atoms with Gasteiger partial charge in [-0.3, -0.25) is 4.90 Å². The van der Waals surface area contributed by atoms with E-state index >= 15 is 4.39 Å². The summed E-state index contributed by atoms with van der Waals surface area (Å²) >= 11 is 0. The van der Waals surface area contributed by atoms with E-state index in [-0.39, 0.29) is 28.7 Å². The summed E-state index contributed by atoms with van der Waals surface area (Å²) in [5.41, 5.74) is 8.17. The quantitative estimate of drug-likeness (QED) is 0.405. The molecule has 2 fully saturated rings. The SMILES string of the molecule is Cc1c(-c2cc3cc(N(C(=O)O)C4COC5(CCNC5)C4)ncc3c(N)c2F)cnc2c1NCCO2. The molecule has 1 spiro atoms. The van der Waals surface area contributed by atoms with Crippen LogP contribution >= 0.6 is 0 Å². The zero-order valence-electron chi connectivity index (χ0n) is 19.8. The third kappa shape index (κ3) is 3.58. The number of ether oxygens (including phenoxy) is 2. The standard InChI is InChI=1S/C25H27FN6O4/c1-13-17(9-31-23-22(13)29-4-5-35-23)16-6-14-7-19(30-10-18(14)21(27)20(16)26)32(24(33)34)15-8-25(36-11-15)2-3-28-12-25/h6-7,9-10,15,28-29H,2-5,8,11-12,27H2,1H3,(H,33,34). The summed E-state index contributed by atoms with van der Waals surface area (Å²) in [6.45, 7) is 4.85. The number of nitrogens with one attached hydrogen (secondary N) is 2. The van der Waals surface area contributed by atoms with E-state index in [1.54, 1.807) is 18.3 Å². The lowest BCUT2D eigenvalue weighted by atomic mass is 9.96. The van der Waals surface area contributed by atoms with E-state index in [9.17, 15) is 9.90 Å². The zero-order valence-corrected chi connectivity index (χ0v) is 19.8. The van der Waals surface area contributed by atoms with Crippen molar-refractivity contribution in [1.29, 1.82) is 0 Å². The van der Waals surface area contributed by atoms with Crippen molar-refractivity contribution in [3.63, 3.8) is 0 Å². The Kier molecular flexibility index (Phi) is 5.34. The van der Waals surface area contributed by atoms with Crippen LogP contribution in [0.4, 0.5) is 26.4 Å². The monoisotopic (exact) mass is 494 g/mol. The second-order valence-corrected chi connectivity index (χ2v) is 9.60. The third-order valence-corrected chi connectivity index (χ3v) is 7.43. The van der Waals surface area contributed by atoms with Crippen molar-refractivity contribution >= 4 is 34.1 Å². The molecule has 5 N–H and O–H groups in total. The number of carboxylic acid groups (broad SMARTS) is 1. The number of benzene rings is 1. The molecular weight excluding hydrogens is 467 g/mol. The highest BCUT2D eigenvalue weighted by Gasteiger charge is 2.46. The summed E-state index contributed by atoms with van der Waals surface area (Å²) < 4.78 is 27.1. The maximum atomic E-state index is 15.5. The van der Waals surface area contributed by atoms with Gasteiger partial charge in [0.15, 0.2) is 5.82 Å². The Morgan fingerprint density at radius 2 is 2.14 bits per heavy atom. The number of fused-ring (bicyclic) bond motifs is 2.